The number of nitrogens with one attached hydrogen (secondary N) is 1. The number of aromatic nitrogens is 3. The highest BCUT2D eigenvalue weighted by Crippen LogP contribution is 2.26. The summed E-state index contributed by atoms with van der Waals surface area (Å²) in [6, 6.07) is 7.93. The maximum absolute atomic E-state index is 11.6. The molecule has 5 nitrogen and oxygen atoms in total. The molecular weight excluding hydrogens is 278 g/mol. The highest BCUT2D eigenvalue weighted by molar-refractivity contribution is 6.32. The second-order valence-electron chi connectivity index (χ2n) is 4.36. The molecule has 0 aliphatic carbocycles. The van der Waals surface area contributed by atoms with E-state index in [4.69, 9.17) is 16.3 Å². The van der Waals surface area contributed by atoms with Crippen LogP contribution in [0.5, 0.6) is 0 Å². The number of aromatic amines is 1. The van der Waals surface area contributed by atoms with Gasteiger partial charge in [-0.3, -0.25) is 4.79 Å². The van der Waals surface area contributed by atoms with Crippen LogP contribution in [-0.2, 0) is 11.3 Å². The molecule has 0 atom stereocenters. The molecule has 3 rings (SSSR count). The molecule has 1 aromatic carbocycles. The van der Waals surface area contributed by atoms with Crippen LogP contribution >= 0.6 is 11.6 Å². The molecule has 0 saturated carbocycles. The van der Waals surface area contributed by atoms with E-state index in [-0.39, 0.29) is 5.02 Å². The van der Waals surface area contributed by atoms with Crippen molar-refractivity contribution < 1.29 is 4.74 Å². The molecule has 0 bridgehead atoms. The molecule has 0 aliphatic heterocycles. The second-order valence-corrected chi connectivity index (χ2v) is 4.74. The van der Waals surface area contributed by atoms with Gasteiger partial charge in [-0.15, -0.1) is 0 Å². The first-order valence-corrected chi connectivity index (χ1v) is 6.41. The lowest BCUT2D eigenvalue weighted by Crippen LogP contribution is -2.13. The summed E-state index contributed by atoms with van der Waals surface area (Å²) >= 11 is 6.08. The molecule has 0 spiro atoms. The van der Waals surface area contributed by atoms with Crippen LogP contribution in [-0.4, -0.2) is 21.9 Å². The Hall–Kier alpha value is -2.11. The quantitative estimate of drug-likeness (QED) is 0.806. The van der Waals surface area contributed by atoms with Crippen LogP contribution in [0.3, 0.4) is 0 Å². The fourth-order valence-electron chi connectivity index (χ4n) is 2.26. The highest BCUT2D eigenvalue weighted by Gasteiger charge is 2.14. The topological polar surface area (TPSA) is 59.9 Å². The first-order valence-electron chi connectivity index (χ1n) is 6.04. The van der Waals surface area contributed by atoms with Crippen LogP contribution in [0.2, 0.25) is 5.02 Å². The van der Waals surface area contributed by atoms with Gasteiger partial charge in [0.05, 0.1) is 24.2 Å². The monoisotopic (exact) mass is 289 g/mol. The molecule has 0 unspecified atom stereocenters. The minimum absolute atomic E-state index is 0.109. The van der Waals surface area contributed by atoms with E-state index in [0.717, 1.165) is 16.5 Å². The lowest BCUT2D eigenvalue weighted by Gasteiger charge is -2.09. The Labute approximate surface area is 119 Å². The van der Waals surface area contributed by atoms with Crippen molar-refractivity contribution >= 4 is 22.4 Å². The van der Waals surface area contributed by atoms with E-state index in [1.54, 1.807) is 7.11 Å². The third-order valence-electron chi connectivity index (χ3n) is 3.15. The van der Waals surface area contributed by atoms with Crippen molar-refractivity contribution in [3.8, 4) is 5.69 Å². The smallest absolute Gasteiger partial charge is 0.285 e. The zero-order chi connectivity index (χ0) is 14.1. The van der Waals surface area contributed by atoms with Crippen molar-refractivity contribution in [2.45, 2.75) is 6.61 Å². The van der Waals surface area contributed by atoms with Gasteiger partial charge >= 0.3 is 0 Å². The van der Waals surface area contributed by atoms with Gasteiger partial charge in [0.15, 0.2) is 0 Å². The Balaban J connectivity index is 2.32. The third-order valence-corrected chi connectivity index (χ3v) is 3.51. The zero-order valence-corrected chi connectivity index (χ0v) is 11.5. The van der Waals surface area contributed by atoms with Gasteiger partial charge in [0.2, 0.25) is 0 Å². The Morgan fingerprint density at radius 3 is 3.00 bits per heavy atom. The molecule has 2 aromatic heterocycles. The molecular formula is C14H12ClN3O2. The van der Waals surface area contributed by atoms with Gasteiger partial charge in [-0.2, -0.15) is 5.10 Å². The molecule has 20 heavy (non-hydrogen) atoms. The molecule has 102 valence electrons. The molecule has 0 amide bonds. The zero-order valence-electron chi connectivity index (χ0n) is 10.8. The van der Waals surface area contributed by atoms with Gasteiger partial charge < -0.3 is 9.30 Å². The summed E-state index contributed by atoms with van der Waals surface area (Å²) in [5.41, 5.74) is 1.06. The minimum atomic E-state index is -0.412. The van der Waals surface area contributed by atoms with Gasteiger partial charge in [-0.05, 0) is 0 Å². The van der Waals surface area contributed by atoms with Gasteiger partial charge in [0, 0.05) is 24.1 Å². The van der Waals surface area contributed by atoms with Crippen molar-refractivity contribution in [1.29, 1.82) is 0 Å². The van der Waals surface area contributed by atoms with Crippen molar-refractivity contribution in [1.82, 2.24) is 14.8 Å². The number of rotatable bonds is 3. The van der Waals surface area contributed by atoms with E-state index in [2.05, 4.69) is 10.2 Å². The van der Waals surface area contributed by atoms with E-state index >= 15 is 0 Å². The summed E-state index contributed by atoms with van der Waals surface area (Å²) in [6.07, 6.45) is 3.45. The van der Waals surface area contributed by atoms with Crippen LogP contribution < -0.4 is 5.56 Å². The number of nitrogens with zero attached hydrogens (tertiary/aromatic N) is 2. The molecule has 2 heterocycles. The number of fused-ring (bicyclic) bond motifs is 1. The molecule has 6 heteroatoms. The van der Waals surface area contributed by atoms with Crippen molar-refractivity contribution in [3.05, 3.63) is 57.7 Å². The van der Waals surface area contributed by atoms with Gasteiger partial charge in [-0.1, -0.05) is 35.9 Å². The summed E-state index contributed by atoms with van der Waals surface area (Å²) in [4.78, 5) is 11.6. The van der Waals surface area contributed by atoms with Crippen LogP contribution in [0, 0.1) is 0 Å². The standard InChI is InChI=1S/C14H12ClN3O2/c1-20-8-12-10-5-3-2-4-9(10)7-18(12)11-6-16-17-14(19)13(11)15/h2-7H,8H2,1H3,(H,17,19). The number of H-pyrrole nitrogens is 1. The lowest BCUT2D eigenvalue weighted by molar-refractivity contribution is 0.181. The molecule has 0 saturated heterocycles. The van der Waals surface area contributed by atoms with Crippen LogP contribution in [0.4, 0.5) is 0 Å². The summed E-state index contributed by atoms with van der Waals surface area (Å²) < 4.78 is 7.10. The summed E-state index contributed by atoms with van der Waals surface area (Å²) in [5.74, 6) is 0. The molecule has 0 fully saturated rings. The first-order chi connectivity index (χ1) is 9.72. The summed E-state index contributed by atoms with van der Waals surface area (Å²) in [7, 11) is 1.63. The molecule has 3 aromatic rings. The Kier molecular flexibility index (Phi) is 3.30. The first kappa shape index (κ1) is 12.9. The fourth-order valence-corrected chi connectivity index (χ4v) is 2.44. The predicted octanol–water partition coefficient (Wildman–Crippen LogP) is 2.51. The maximum Gasteiger partial charge on any atom is 0.285 e. The van der Waals surface area contributed by atoms with E-state index in [9.17, 15) is 4.79 Å². The Bertz CT molecular complexity index is 823. The number of benzene rings is 1. The summed E-state index contributed by atoms with van der Waals surface area (Å²) in [5, 5.41) is 8.34. The maximum atomic E-state index is 11.6. The van der Waals surface area contributed by atoms with E-state index in [1.165, 1.54) is 6.20 Å². The Morgan fingerprint density at radius 2 is 2.20 bits per heavy atom. The highest BCUT2D eigenvalue weighted by atomic mass is 35.5. The van der Waals surface area contributed by atoms with Gasteiger partial charge in [-0.25, -0.2) is 5.10 Å². The minimum Gasteiger partial charge on any atom is -0.378 e. The van der Waals surface area contributed by atoms with Crippen LogP contribution in [0.25, 0.3) is 16.5 Å². The third kappa shape index (κ3) is 2.01. The Morgan fingerprint density at radius 1 is 1.40 bits per heavy atom. The van der Waals surface area contributed by atoms with Crippen molar-refractivity contribution in [2.75, 3.05) is 7.11 Å². The van der Waals surface area contributed by atoms with Crippen molar-refractivity contribution in [3.63, 3.8) is 0 Å². The number of halogens is 1. The lowest BCUT2D eigenvalue weighted by atomic mass is 10.2. The van der Waals surface area contributed by atoms with Crippen molar-refractivity contribution in [2.24, 2.45) is 0 Å². The normalized spacial score (nSPS) is 11.1. The van der Waals surface area contributed by atoms with Gasteiger partial charge in [0.25, 0.3) is 5.56 Å². The van der Waals surface area contributed by atoms with E-state index < -0.39 is 5.56 Å². The van der Waals surface area contributed by atoms with Crippen LogP contribution in [0.1, 0.15) is 5.69 Å². The second kappa shape index (κ2) is 5.11. The number of ether oxygens (including phenoxy) is 1. The average molecular weight is 290 g/mol. The largest absolute Gasteiger partial charge is 0.378 e. The number of methoxy groups -OCH3 is 1. The molecule has 0 aliphatic rings. The number of hydrogen-bond donors (Lipinski definition) is 1. The van der Waals surface area contributed by atoms with Gasteiger partial charge in [0.1, 0.15) is 5.02 Å². The van der Waals surface area contributed by atoms with E-state index in [1.807, 2.05) is 35.0 Å². The molecule has 0 radical (unpaired) electrons. The average Bonchev–Trinajstić information content (AvgIpc) is 2.81. The summed E-state index contributed by atoms with van der Waals surface area (Å²) in [6.45, 7) is 0.413. The predicted molar refractivity (Wildman–Crippen MR) is 77.4 cm³/mol. The fraction of sp³-hybridized carbons (Fsp3) is 0.143. The molecule has 1 N–H and O–H groups in total. The SMILES string of the molecule is COCc1c2ccccc2cn1-c1cn[nH]c(=O)c1Cl. The van der Waals surface area contributed by atoms with E-state index in [0.29, 0.717) is 12.3 Å². The van der Waals surface area contributed by atoms with Crippen LogP contribution in [0.15, 0.2) is 41.5 Å². The number of hydrogen-bond acceptors (Lipinski definition) is 3.